The van der Waals surface area contributed by atoms with Gasteiger partial charge in [-0.25, -0.2) is 0 Å². The van der Waals surface area contributed by atoms with Crippen molar-refractivity contribution in [3.63, 3.8) is 0 Å². The molecule has 2 rings (SSSR count). The number of carbonyl (C=O) groups excluding carboxylic acids is 1. The summed E-state index contributed by atoms with van der Waals surface area (Å²) in [6.07, 6.45) is 0.764. The molecule has 0 fully saturated rings. The first-order valence-electron chi connectivity index (χ1n) is 8.01. The molecule has 1 aromatic heterocycles. The lowest BCUT2D eigenvalue weighted by Gasteiger charge is -2.21. The summed E-state index contributed by atoms with van der Waals surface area (Å²) >= 11 is 0. The van der Waals surface area contributed by atoms with E-state index >= 15 is 0 Å². The van der Waals surface area contributed by atoms with Gasteiger partial charge < -0.3 is 15.2 Å². The van der Waals surface area contributed by atoms with E-state index in [9.17, 15) is 9.90 Å². The molecule has 24 heavy (non-hydrogen) atoms. The van der Waals surface area contributed by atoms with Crippen molar-refractivity contribution in [3.8, 4) is 5.75 Å². The Kier molecular flexibility index (Phi) is 5.93. The molecule has 2 atom stereocenters. The van der Waals surface area contributed by atoms with E-state index in [2.05, 4.69) is 24.1 Å². The molecule has 2 N–H and O–H groups in total. The SMILES string of the molecule is COc1ccc(C(O)C(C)NC(=O)c2ccc(C(C)C)nc2)cc1. The molecular weight excluding hydrogens is 304 g/mol. The average Bonchev–Trinajstić information content (AvgIpc) is 2.61. The minimum absolute atomic E-state index is 0.252. The van der Waals surface area contributed by atoms with Crippen LogP contribution < -0.4 is 10.1 Å². The molecular formula is C19H24N2O3. The number of hydrogen-bond donors (Lipinski definition) is 2. The highest BCUT2D eigenvalue weighted by molar-refractivity contribution is 5.94. The van der Waals surface area contributed by atoms with Gasteiger partial charge in [0.05, 0.1) is 24.8 Å². The molecule has 5 heteroatoms. The number of carbonyl (C=O) groups is 1. The van der Waals surface area contributed by atoms with Gasteiger partial charge in [0.1, 0.15) is 5.75 Å². The number of nitrogens with zero attached hydrogens (tertiary/aromatic N) is 1. The summed E-state index contributed by atoms with van der Waals surface area (Å²) in [4.78, 5) is 16.6. The first-order valence-corrected chi connectivity index (χ1v) is 8.01. The van der Waals surface area contributed by atoms with Crippen LogP contribution in [0.4, 0.5) is 0 Å². The zero-order valence-electron chi connectivity index (χ0n) is 14.5. The Morgan fingerprint density at radius 2 is 1.79 bits per heavy atom. The first-order chi connectivity index (χ1) is 11.4. The first kappa shape index (κ1) is 17.9. The monoisotopic (exact) mass is 328 g/mol. The Morgan fingerprint density at radius 3 is 2.29 bits per heavy atom. The number of aliphatic hydroxyl groups is 1. The van der Waals surface area contributed by atoms with Crippen LogP contribution in [-0.4, -0.2) is 29.1 Å². The molecule has 1 aromatic carbocycles. The maximum absolute atomic E-state index is 12.3. The molecule has 5 nitrogen and oxygen atoms in total. The third kappa shape index (κ3) is 4.32. The van der Waals surface area contributed by atoms with Crippen molar-refractivity contribution in [3.05, 3.63) is 59.4 Å². The molecule has 0 saturated carbocycles. The lowest BCUT2D eigenvalue weighted by Crippen LogP contribution is -2.37. The van der Waals surface area contributed by atoms with Crippen molar-refractivity contribution in [2.24, 2.45) is 0 Å². The van der Waals surface area contributed by atoms with Gasteiger partial charge in [-0.3, -0.25) is 9.78 Å². The number of methoxy groups -OCH3 is 1. The van der Waals surface area contributed by atoms with Gasteiger partial charge in [-0.05, 0) is 42.7 Å². The summed E-state index contributed by atoms with van der Waals surface area (Å²) in [7, 11) is 1.59. The van der Waals surface area contributed by atoms with E-state index in [0.29, 0.717) is 11.5 Å². The molecule has 1 amide bonds. The molecule has 0 radical (unpaired) electrons. The lowest BCUT2D eigenvalue weighted by atomic mass is 10.0. The van der Waals surface area contributed by atoms with Crippen LogP contribution >= 0.6 is 0 Å². The molecule has 0 aliphatic heterocycles. The summed E-state index contributed by atoms with van der Waals surface area (Å²) in [6, 6.07) is 10.3. The fourth-order valence-corrected chi connectivity index (χ4v) is 2.34. The number of hydrogen-bond acceptors (Lipinski definition) is 4. The van der Waals surface area contributed by atoms with E-state index in [1.165, 1.54) is 0 Å². The third-order valence-electron chi connectivity index (χ3n) is 3.93. The second-order valence-electron chi connectivity index (χ2n) is 6.11. The molecule has 128 valence electrons. The summed E-state index contributed by atoms with van der Waals surface area (Å²) in [5.41, 5.74) is 2.14. The predicted molar refractivity (Wildman–Crippen MR) is 93.2 cm³/mol. The molecule has 0 saturated heterocycles. The number of aromatic nitrogens is 1. The summed E-state index contributed by atoms with van der Waals surface area (Å²) < 4.78 is 5.10. The third-order valence-corrected chi connectivity index (χ3v) is 3.93. The van der Waals surface area contributed by atoms with E-state index in [4.69, 9.17) is 4.74 Å². The quantitative estimate of drug-likeness (QED) is 0.855. The van der Waals surface area contributed by atoms with E-state index in [1.54, 1.807) is 50.6 Å². The number of rotatable bonds is 6. The molecule has 0 bridgehead atoms. The Morgan fingerprint density at radius 1 is 1.12 bits per heavy atom. The zero-order valence-corrected chi connectivity index (χ0v) is 14.5. The Labute approximate surface area is 142 Å². The second-order valence-corrected chi connectivity index (χ2v) is 6.11. The number of pyridine rings is 1. The van der Waals surface area contributed by atoms with Crippen LogP contribution in [0.25, 0.3) is 0 Å². The number of amides is 1. The predicted octanol–water partition coefficient (Wildman–Crippen LogP) is 3.07. The normalized spacial score (nSPS) is 13.4. The Hall–Kier alpha value is -2.40. The van der Waals surface area contributed by atoms with Crippen LogP contribution in [0.1, 0.15) is 54.4 Å². The molecule has 1 heterocycles. The highest BCUT2D eigenvalue weighted by Crippen LogP contribution is 2.20. The fourth-order valence-electron chi connectivity index (χ4n) is 2.34. The van der Waals surface area contributed by atoms with E-state index in [1.807, 2.05) is 6.07 Å². The van der Waals surface area contributed by atoms with Gasteiger partial charge >= 0.3 is 0 Å². The van der Waals surface area contributed by atoms with Gasteiger partial charge in [-0.1, -0.05) is 26.0 Å². The molecule has 0 aliphatic carbocycles. The summed E-state index contributed by atoms with van der Waals surface area (Å²) in [5, 5.41) is 13.2. The maximum atomic E-state index is 12.3. The number of aliphatic hydroxyl groups excluding tert-OH is 1. The highest BCUT2D eigenvalue weighted by atomic mass is 16.5. The zero-order chi connectivity index (χ0) is 17.7. The van der Waals surface area contributed by atoms with Crippen molar-refractivity contribution < 1.29 is 14.6 Å². The average molecular weight is 328 g/mol. The van der Waals surface area contributed by atoms with E-state index in [0.717, 1.165) is 17.0 Å². The lowest BCUT2D eigenvalue weighted by molar-refractivity contribution is 0.0851. The summed E-state index contributed by atoms with van der Waals surface area (Å²) in [6.45, 7) is 5.87. The number of benzene rings is 1. The largest absolute Gasteiger partial charge is 0.497 e. The Bertz CT molecular complexity index is 666. The minimum Gasteiger partial charge on any atom is -0.497 e. The number of nitrogens with one attached hydrogen (secondary N) is 1. The van der Waals surface area contributed by atoms with Gasteiger partial charge in [0.15, 0.2) is 0 Å². The van der Waals surface area contributed by atoms with Crippen LogP contribution in [0.2, 0.25) is 0 Å². The number of ether oxygens (including phenoxy) is 1. The standard InChI is InChI=1S/C19H24N2O3/c1-12(2)17-10-7-15(11-20-17)19(23)21-13(3)18(22)14-5-8-16(24-4)9-6-14/h5-13,18,22H,1-4H3,(H,21,23). The maximum Gasteiger partial charge on any atom is 0.253 e. The molecule has 2 aromatic rings. The minimum atomic E-state index is -0.803. The molecule has 0 aliphatic rings. The van der Waals surface area contributed by atoms with Crippen molar-refractivity contribution in [1.29, 1.82) is 0 Å². The highest BCUT2D eigenvalue weighted by Gasteiger charge is 2.19. The summed E-state index contributed by atoms with van der Waals surface area (Å²) in [5.74, 6) is 0.787. The smallest absolute Gasteiger partial charge is 0.253 e. The van der Waals surface area contributed by atoms with Crippen molar-refractivity contribution in [1.82, 2.24) is 10.3 Å². The van der Waals surface area contributed by atoms with Crippen LogP contribution in [0, 0.1) is 0 Å². The Balaban J connectivity index is 2.01. The topological polar surface area (TPSA) is 71.5 Å². The van der Waals surface area contributed by atoms with Gasteiger partial charge in [-0.15, -0.1) is 0 Å². The molecule has 0 spiro atoms. The fraction of sp³-hybridized carbons (Fsp3) is 0.368. The van der Waals surface area contributed by atoms with Gasteiger partial charge in [0.25, 0.3) is 5.91 Å². The van der Waals surface area contributed by atoms with Gasteiger partial charge in [0, 0.05) is 11.9 Å². The van der Waals surface area contributed by atoms with Crippen molar-refractivity contribution in [2.45, 2.75) is 38.8 Å². The van der Waals surface area contributed by atoms with E-state index in [-0.39, 0.29) is 5.91 Å². The van der Waals surface area contributed by atoms with Crippen LogP contribution in [-0.2, 0) is 0 Å². The van der Waals surface area contributed by atoms with E-state index < -0.39 is 12.1 Å². The van der Waals surface area contributed by atoms with Gasteiger partial charge in [-0.2, -0.15) is 0 Å². The van der Waals surface area contributed by atoms with Crippen molar-refractivity contribution >= 4 is 5.91 Å². The van der Waals surface area contributed by atoms with Crippen molar-refractivity contribution in [2.75, 3.05) is 7.11 Å². The van der Waals surface area contributed by atoms with Crippen LogP contribution in [0.5, 0.6) is 5.75 Å². The second kappa shape index (κ2) is 7.93. The molecule has 2 unspecified atom stereocenters. The van der Waals surface area contributed by atoms with Crippen LogP contribution in [0.3, 0.4) is 0 Å². The van der Waals surface area contributed by atoms with Gasteiger partial charge in [0.2, 0.25) is 0 Å². The van der Waals surface area contributed by atoms with Crippen LogP contribution in [0.15, 0.2) is 42.6 Å².